The van der Waals surface area contributed by atoms with Crippen LogP contribution < -0.4 is 5.32 Å². The standard InChI is InChI=1S/C16H34N2/c1-5-12-17-15-10-8-7-9-11-16(15)18(6-2)13-14(3)4/h14-17H,5-13H2,1-4H3. The van der Waals surface area contributed by atoms with Crippen molar-refractivity contribution in [3.63, 3.8) is 0 Å². The van der Waals surface area contributed by atoms with Gasteiger partial charge in [-0.25, -0.2) is 0 Å². The third kappa shape index (κ3) is 5.27. The third-order valence-electron chi connectivity index (χ3n) is 4.11. The second-order valence-electron chi connectivity index (χ2n) is 6.25. The summed E-state index contributed by atoms with van der Waals surface area (Å²) >= 11 is 0. The quantitative estimate of drug-likeness (QED) is 0.697. The minimum atomic E-state index is 0.728. The molecule has 0 aliphatic heterocycles. The third-order valence-corrected chi connectivity index (χ3v) is 4.11. The Labute approximate surface area is 115 Å². The Bertz CT molecular complexity index is 203. The molecule has 2 atom stereocenters. The fourth-order valence-electron chi connectivity index (χ4n) is 3.26. The van der Waals surface area contributed by atoms with Crippen LogP contribution in [0.25, 0.3) is 0 Å². The van der Waals surface area contributed by atoms with Gasteiger partial charge < -0.3 is 5.32 Å². The van der Waals surface area contributed by atoms with E-state index in [0.717, 1.165) is 18.0 Å². The fraction of sp³-hybridized carbons (Fsp3) is 1.00. The monoisotopic (exact) mass is 254 g/mol. The molecule has 2 nitrogen and oxygen atoms in total. The largest absolute Gasteiger partial charge is 0.312 e. The molecule has 0 bridgehead atoms. The molecule has 1 aliphatic rings. The molecule has 0 amide bonds. The molecule has 2 unspecified atom stereocenters. The van der Waals surface area contributed by atoms with E-state index in [4.69, 9.17) is 0 Å². The van der Waals surface area contributed by atoms with Gasteiger partial charge in [-0.3, -0.25) is 4.90 Å². The molecule has 0 aromatic rings. The van der Waals surface area contributed by atoms with Gasteiger partial charge in [0.25, 0.3) is 0 Å². The van der Waals surface area contributed by atoms with Gasteiger partial charge >= 0.3 is 0 Å². The lowest BCUT2D eigenvalue weighted by atomic mass is 9.99. The van der Waals surface area contributed by atoms with Crippen molar-refractivity contribution in [2.75, 3.05) is 19.6 Å². The van der Waals surface area contributed by atoms with E-state index < -0.39 is 0 Å². The van der Waals surface area contributed by atoms with E-state index in [1.165, 1.54) is 58.2 Å². The summed E-state index contributed by atoms with van der Waals surface area (Å²) in [7, 11) is 0. The molecule has 1 N–H and O–H groups in total. The highest BCUT2D eigenvalue weighted by Gasteiger charge is 2.27. The second-order valence-corrected chi connectivity index (χ2v) is 6.25. The molecule has 0 saturated heterocycles. The first-order valence-corrected chi connectivity index (χ1v) is 8.16. The fourth-order valence-corrected chi connectivity index (χ4v) is 3.26. The second kappa shape index (κ2) is 8.92. The summed E-state index contributed by atoms with van der Waals surface area (Å²) in [5, 5.41) is 3.81. The van der Waals surface area contributed by atoms with E-state index in [1.54, 1.807) is 0 Å². The van der Waals surface area contributed by atoms with E-state index in [9.17, 15) is 0 Å². The Balaban J connectivity index is 2.63. The van der Waals surface area contributed by atoms with Gasteiger partial charge in [0, 0.05) is 18.6 Å². The van der Waals surface area contributed by atoms with Crippen LogP contribution in [0.2, 0.25) is 0 Å². The Morgan fingerprint density at radius 1 is 1.11 bits per heavy atom. The zero-order valence-corrected chi connectivity index (χ0v) is 13.0. The zero-order chi connectivity index (χ0) is 13.4. The van der Waals surface area contributed by atoms with Gasteiger partial charge in [0.05, 0.1) is 0 Å². The lowest BCUT2D eigenvalue weighted by Crippen LogP contribution is -2.50. The van der Waals surface area contributed by atoms with E-state index >= 15 is 0 Å². The molecule has 0 radical (unpaired) electrons. The summed E-state index contributed by atoms with van der Waals surface area (Å²) in [5.74, 6) is 0.778. The molecule has 0 aromatic heterocycles. The van der Waals surface area contributed by atoms with Crippen LogP contribution in [0.15, 0.2) is 0 Å². The maximum Gasteiger partial charge on any atom is 0.0249 e. The molecule has 1 rings (SSSR count). The Morgan fingerprint density at radius 3 is 2.44 bits per heavy atom. The van der Waals surface area contributed by atoms with Crippen LogP contribution in [0.5, 0.6) is 0 Å². The molecule has 18 heavy (non-hydrogen) atoms. The first-order valence-electron chi connectivity index (χ1n) is 8.16. The maximum atomic E-state index is 3.81. The lowest BCUT2D eigenvalue weighted by Gasteiger charge is -2.37. The first kappa shape index (κ1) is 16.0. The topological polar surface area (TPSA) is 15.3 Å². The van der Waals surface area contributed by atoms with Crippen LogP contribution in [0.4, 0.5) is 0 Å². The molecule has 0 aromatic carbocycles. The van der Waals surface area contributed by atoms with Crippen molar-refractivity contribution in [3.8, 4) is 0 Å². The highest BCUT2D eigenvalue weighted by Crippen LogP contribution is 2.23. The van der Waals surface area contributed by atoms with Gasteiger partial charge in [-0.05, 0) is 38.3 Å². The van der Waals surface area contributed by atoms with Gasteiger partial charge in [0.1, 0.15) is 0 Å². The predicted molar refractivity (Wildman–Crippen MR) is 81.0 cm³/mol. The molecule has 0 spiro atoms. The van der Waals surface area contributed by atoms with Crippen LogP contribution in [0.3, 0.4) is 0 Å². The van der Waals surface area contributed by atoms with Gasteiger partial charge in [-0.2, -0.15) is 0 Å². The summed E-state index contributed by atoms with van der Waals surface area (Å²) in [6, 6.07) is 1.50. The molecule has 1 saturated carbocycles. The SMILES string of the molecule is CCCNC1CCCCCC1N(CC)CC(C)C. The number of hydrogen-bond acceptors (Lipinski definition) is 2. The van der Waals surface area contributed by atoms with Crippen molar-refractivity contribution in [2.45, 2.75) is 78.3 Å². The molecule has 1 aliphatic carbocycles. The van der Waals surface area contributed by atoms with Gasteiger partial charge in [-0.15, -0.1) is 0 Å². The molecule has 108 valence electrons. The van der Waals surface area contributed by atoms with Crippen molar-refractivity contribution in [2.24, 2.45) is 5.92 Å². The Hall–Kier alpha value is -0.0800. The van der Waals surface area contributed by atoms with Gasteiger partial charge in [0.15, 0.2) is 0 Å². The summed E-state index contributed by atoms with van der Waals surface area (Å²) < 4.78 is 0. The number of hydrogen-bond donors (Lipinski definition) is 1. The highest BCUT2D eigenvalue weighted by molar-refractivity contribution is 4.87. The average Bonchev–Trinajstić information content (AvgIpc) is 2.58. The van der Waals surface area contributed by atoms with Crippen molar-refractivity contribution in [3.05, 3.63) is 0 Å². The van der Waals surface area contributed by atoms with Crippen molar-refractivity contribution in [1.29, 1.82) is 0 Å². The lowest BCUT2D eigenvalue weighted by molar-refractivity contribution is 0.139. The highest BCUT2D eigenvalue weighted by atomic mass is 15.2. The van der Waals surface area contributed by atoms with Crippen molar-refractivity contribution in [1.82, 2.24) is 10.2 Å². The van der Waals surface area contributed by atoms with Crippen molar-refractivity contribution >= 4 is 0 Å². The summed E-state index contributed by atoms with van der Waals surface area (Å²) in [6.07, 6.45) is 8.28. The minimum absolute atomic E-state index is 0.728. The first-order chi connectivity index (χ1) is 8.69. The van der Waals surface area contributed by atoms with Crippen LogP contribution in [0.1, 0.15) is 66.2 Å². The van der Waals surface area contributed by atoms with Crippen LogP contribution in [-0.2, 0) is 0 Å². The summed E-state index contributed by atoms with van der Waals surface area (Å²) in [5.41, 5.74) is 0. The van der Waals surface area contributed by atoms with Crippen LogP contribution in [0, 0.1) is 5.92 Å². The smallest absolute Gasteiger partial charge is 0.0249 e. The molecular formula is C16H34N2. The van der Waals surface area contributed by atoms with Crippen molar-refractivity contribution < 1.29 is 0 Å². The number of rotatable bonds is 7. The average molecular weight is 254 g/mol. The van der Waals surface area contributed by atoms with E-state index in [1.807, 2.05) is 0 Å². The van der Waals surface area contributed by atoms with Crippen LogP contribution in [-0.4, -0.2) is 36.6 Å². The zero-order valence-electron chi connectivity index (χ0n) is 13.0. The minimum Gasteiger partial charge on any atom is -0.312 e. The summed E-state index contributed by atoms with van der Waals surface area (Å²) in [4.78, 5) is 2.73. The number of likely N-dealkylation sites (N-methyl/N-ethyl adjacent to an activating group) is 1. The van der Waals surface area contributed by atoms with E-state index in [-0.39, 0.29) is 0 Å². The molecule has 2 heteroatoms. The predicted octanol–water partition coefficient (Wildman–Crippen LogP) is 3.67. The van der Waals surface area contributed by atoms with E-state index in [0.29, 0.717) is 0 Å². The van der Waals surface area contributed by atoms with Gasteiger partial charge in [-0.1, -0.05) is 47.0 Å². The van der Waals surface area contributed by atoms with Gasteiger partial charge in [0.2, 0.25) is 0 Å². The Morgan fingerprint density at radius 2 is 1.83 bits per heavy atom. The van der Waals surface area contributed by atoms with E-state index in [2.05, 4.69) is 37.9 Å². The maximum absolute atomic E-state index is 3.81. The summed E-state index contributed by atoms with van der Waals surface area (Å²) in [6.45, 7) is 12.9. The molecule has 0 heterocycles. The Kier molecular flexibility index (Phi) is 7.92. The number of nitrogens with zero attached hydrogens (tertiary/aromatic N) is 1. The number of nitrogens with one attached hydrogen (secondary N) is 1. The molecular weight excluding hydrogens is 220 g/mol. The van der Waals surface area contributed by atoms with Crippen LogP contribution >= 0.6 is 0 Å². The normalized spacial score (nSPS) is 25.7. The molecule has 1 fully saturated rings.